The Hall–Kier alpha value is -0.570. The van der Waals surface area contributed by atoms with Crippen LogP contribution >= 0.6 is 11.6 Å². The lowest BCUT2D eigenvalue weighted by Crippen LogP contribution is -2.44. The summed E-state index contributed by atoms with van der Waals surface area (Å²) >= 11 is 6.01. The first-order chi connectivity index (χ1) is 8.72. The summed E-state index contributed by atoms with van der Waals surface area (Å²) in [5.41, 5.74) is 2.73. The third-order valence-electron chi connectivity index (χ3n) is 4.44. The number of nitrogens with one attached hydrogen (secondary N) is 1. The maximum Gasteiger partial charge on any atom is 0.0408 e. The summed E-state index contributed by atoms with van der Waals surface area (Å²) in [6.07, 6.45) is 2.65. The van der Waals surface area contributed by atoms with Crippen LogP contribution < -0.4 is 5.32 Å². The van der Waals surface area contributed by atoms with Crippen LogP contribution in [0.3, 0.4) is 0 Å². The summed E-state index contributed by atoms with van der Waals surface area (Å²) < 4.78 is 0. The van der Waals surface area contributed by atoms with Gasteiger partial charge in [0.15, 0.2) is 0 Å². The van der Waals surface area contributed by atoms with E-state index in [9.17, 15) is 0 Å². The van der Waals surface area contributed by atoms with Crippen LogP contribution in [-0.4, -0.2) is 30.6 Å². The lowest BCUT2D eigenvalue weighted by Gasteiger charge is -2.35. The Balaban J connectivity index is 1.66. The van der Waals surface area contributed by atoms with Crippen LogP contribution in [0, 0.1) is 12.8 Å². The summed E-state index contributed by atoms with van der Waals surface area (Å²) in [5.74, 6) is 0.867. The second-order valence-electron chi connectivity index (χ2n) is 5.70. The first kappa shape index (κ1) is 12.5. The minimum Gasteiger partial charge on any atom is -0.314 e. The summed E-state index contributed by atoms with van der Waals surface area (Å²) in [4.78, 5) is 2.60. The van der Waals surface area contributed by atoms with E-state index in [-0.39, 0.29) is 0 Å². The molecule has 0 aliphatic carbocycles. The van der Waals surface area contributed by atoms with E-state index in [2.05, 4.69) is 29.3 Å². The van der Waals surface area contributed by atoms with Crippen molar-refractivity contribution in [2.45, 2.75) is 32.4 Å². The van der Waals surface area contributed by atoms with E-state index in [0.717, 1.165) is 23.5 Å². The van der Waals surface area contributed by atoms with E-state index in [1.807, 2.05) is 6.07 Å². The number of halogens is 1. The van der Waals surface area contributed by atoms with Gasteiger partial charge in [-0.15, -0.1) is 0 Å². The van der Waals surface area contributed by atoms with Crippen LogP contribution in [0.2, 0.25) is 5.02 Å². The van der Waals surface area contributed by atoms with E-state index in [1.165, 1.54) is 43.6 Å². The Kier molecular flexibility index (Phi) is 3.60. The maximum absolute atomic E-state index is 6.01. The van der Waals surface area contributed by atoms with Crippen molar-refractivity contribution in [3.63, 3.8) is 0 Å². The standard InChI is InChI=1S/C15H21ClN2/c1-11-8-14(16)3-2-12(11)9-18-7-5-15-13(10-18)4-6-17-15/h2-3,8,13,15,17H,4-7,9-10H2,1H3. The first-order valence-electron chi connectivity index (χ1n) is 6.93. The predicted octanol–water partition coefficient (Wildman–Crippen LogP) is 2.83. The third-order valence-corrected chi connectivity index (χ3v) is 4.67. The number of piperidine rings is 1. The van der Waals surface area contributed by atoms with Crippen molar-refractivity contribution in [2.24, 2.45) is 5.92 Å². The monoisotopic (exact) mass is 264 g/mol. The van der Waals surface area contributed by atoms with Gasteiger partial charge in [0.2, 0.25) is 0 Å². The van der Waals surface area contributed by atoms with E-state index >= 15 is 0 Å². The molecule has 3 rings (SSSR count). The number of aryl methyl sites for hydroxylation is 1. The summed E-state index contributed by atoms with van der Waals surface area (Å²) in [6.45, 7) is 6.91. The average molecular weight is 265 g/mol. The molecule has 0 amide bonds. The quantitative estimate of drug-likeness (QED) is 0.884. The molecule has 0 spiro atoms. The lowest BCUT2D eigenvalue weighted by atomic mass is 9.93. The highest BCUT2D eigenvalue weighted by Gasteiger charge is 2.32. The highest BCUT2D eigenvalue weighted by molar-refractivity contribution is 6.30. The number of nitrogens with zero attached hydrogens (tertiary/aromatic N) is 1. The Morgan fingerprint density at radius 2 is 2.28 bits per heavy atom. The van der Waals surface area contributed by atoms with Crippen molar-refractivity contribution >= 4 is 11.6 Å². The molecule has 3 heteroatoms. The van der Waals surface area contributed by atoms with E-state index in [4.69, 9.17) is 11.6 Å². The van der Waals surface area contributed by atoms with Gasteiger partial charge < -0.3 is 5.32 Å². The van der Waals surface area contributed by atoms with Gasteiger partial charge in [-0.1, -0.05) is 17.7 Å². The second-order valence-corrected chi connectivity index (χ2v) is 6.14. The number of rotatable bonds is 2. The number of likely N-dealkylation sites (tertiary alicyclic amines) is 1. The Morgan fingerprint density at radius 1 is 1.39 bits per heavy atom. The van der Waals surface area contributed by atoms with Gasteiger partial charge >= 0.3 is 0 Å². The molecule has 0 radical (unpaired) electrons. The molecule has 2 aliphatic rings. The Morgan fingerprint density at radius 3 is 3.11 bits per heavy atom. The molecular formula is C15H21ClN2. The summed E-state index contributed by atoms with van der Waals surface area (Å²) in [6, 6.07) is 7.04. The van der Waals surface area contributed by atoms with Gasteiger partial charge in [-0.3, -0.25) is 4.90 Å². The minimum absolute atomic E-state index is 0.785. The van der Waals surface area contributed by atoms with Gasteiger partial charge in [-0.2, -0.15) is 0 Å². The Bertz CT molecular complexity index is 433. The highest BCUT2D eigenvalue weighted by atomic mass is 35.5. The zero-order valence-electron chi connectivity index (χ0n) is 11.0. The average Bonchev–Trinajstić information content (AvgIpc) is 2.80. The third kappa shape index (κ3) is 2.56. The summed E-state index contributed by atoms with van der Waals surface area (Å²) in [5, 5.41) is 4.46. The molecule has 2 saturated heterocycles. The van der Waals surface area contributed by atoms with Crippen LogP contribution in [0.25, 0.3) is 0 Å². The summed E-state index contributed by atoms with van der Waals surface area (Å²) in [7, 11) is 0. The van der Waals surface area contributed by atoms with Gasteiger partial charge in [-0.05, 0) is 62.0 Å². The van der Waals surface area contributed by atoms with Gasteiger partial charge in [0.25, 0.3) is 0 Å². The molecule has 2 fully saturated rings. The maximum atomic E-state index is 6.01. The fourth-order valence-electron chi connectivity index (χ4n) is 3.34. The lowest BCUT2D eigenvalue weighted by molar-refractivity contribution is 0.155. The van der Waals surface area contributed by atoms with Crippen LogP contribution in [0.5, 0.6) is 0 Å². The molecule has 98 valence electrons. The second kappa shape index (κ2) is 5.20. The van der Waals surface area contributed by atoms with Crippen LogP contribution in [0.4, 0.5) is 0 Å². The highest BCUT2D eigenvalue weighted by Crippen LogP contribution is 2.26. The molecule has 2 heterocycles. The van der Waals surface area contributed by atoms with E-state index in [1.54, 1.807) is 0 Å². The zero-order chi connectivity index (χ0) is 12.5. The van der Waals surface area contributed by atoms with Crippen molar-refractivity contribution in [1.29, 1.82) is 0 Å². The van der Waals surface area contributed by atoms with Crippen LogP contribution in [0.15, 0.2) is 18.2 Å². The molecule has 2 aliphatic heterocycles. The molecule has 2 unspecified atom stereocenters. The van der Waals surface area contributed by atoms with E-state index < -0.39 is 0 Å². The molecule has 18 heavy (non-hydrogen) atoms. The van der Waals surface area contributed by atoms with Gasteiger partial charge in [-0.25, -0.2) is 0 Å². The van der Waals surface area contributed by atoms with E-state index in [0.29, 0.717) is 0 Å². The molecular weight excluding hydrogens is 244 g/mol. The smallest absolute Gasteiger partial charge is 0.0408 e. The number of fused-ring (bicyclic) bond motifs is 1. The van der Waals surface area contributed by atoms with Gasteiger partial charge in [0.05, 0.1) is 0 Å². The molecule has 2 atom stereocenters. The van der Waals surface area contributed by atoms with Crippen LogP contribution in [0.1, 0.15) is 24.0 Å². The number of hydrogen-bond donors (Lipinski definition) is 1. The molecule has 0 saturated carbocycles. The number of hydrogen-bond acceptors (Lipinski definition) is 2. The van der Waals surface area contributed by atoms with Crippen LogP contribution in [-0.2, 0) is 6.54 Å². The van der Waals surface area contributed by atoms with Gasteiger partial charge in [0.1, 0.15) is 0 Å². The molecule has 1 aromatic rings. The van der Waals surface area contributed by atoms with Crippen molar-refractivity contribution in [1.82, 2.24) is 10.2 Å². The predicted molar refractivity (Wildman–Crippen MR) is 76.0 cm³/mol. The zero-order valence-corrected chi connectivity index (χ0v) is 11.7. The first-order valence-corrected chi connectivity index (χ1v) is 7.31. The fraction of sp³-hybridized carbons (Fsp3) is 0.600. The Labute approximate surface area is 114 Å². The fourth-order valence-corrected chi connectivity index (χ4v) is 3.57. The van der Waals surface area contributed by atoms with Crippen molar-refractivity contribution in [3.05, 3.63) is 34.3 Å². The van der Waals surface area contributed by atoms with Crippen molar-refractivity contribution in [3.8, 4) is 0 Å². The van der Waals surface area contributed by atoms with Crippen molar-refractivity contribution < 1.29 is 0 Å². The minimum atomic E-state index is 0.785. The molecule has 0 bridgehead atoms. The molecule has 0 aromatic heterocycles. The van der Waals surface area contributed by atoms with Crippen molar-refractivity contribution in [2.75, 3.05) is 19.6 Å². The SMILES string of the molecule is Cc1cc(Cl)ccc1CN1CCC2NCCC2C1. The molecule has 1 aromatic carbocycles. The van der Waals surface area contributed by atoms with Gasteiger partial charge in [0, 0.05) is 24.2 Å². The molecule has 1 N–H and O–H groups in total. The normalized spacial score (nSPS) is 28.3. The molecule has 2 nitrogen and oxygen atoms in total. The topological polar surface area (TPSA) is 15.3 Å². The largest absolute Gasteiger partial charge is 0.314 e. The number of benzene rings is 1.